The first-order chi connectivity index (χ1) is 10.9. The Morgan fingerprint density at radius 3 is 2.21 bits per heavy atom. The number of hydrogen-bond acceptors (Lipinski definition) is 3. The smallest absolute Gasteiger partial charge is 0.399 e. The maximum absolute atomic E-state index is 12.9. The highest BCUT2D eigenvalue weighted by molar-refractivity contribution is 6.65. The van der Waals surface area contributed by atoms with Crippen LogP contribution in [0, 0.1) is 5.41 Å². The van der Waals surface area contributed by atoms with Crippen LogP contribution in [0.25, 0.3) is 10.9 Å². The summed E-state index contributed by atoms with van der Waals surface area (Å²) in [7, 11) is -0.485. The minimum Gasteiger partial charge on any atom is -0.399 e. The lowest BCUT2D eigenvalue weighted by Crippen LogP contribution is -2.41. The first-order valence-corrected chi connectivity index (χ1v) is 8.44. The van der Waals surface area contributed by atoms with Crippen LogP contribution >= 0.6 is 0 Å². The quantitative estimate of drug-likeness (QED) is 0.676. The summed E-state index contributed by atoms with van der Waals surface area (Å²) in [5, 5.41) is 0.899. The molecule has 3 rings (SSSR count). The van der Waals surface area contributed by atoms with E-state index in [0.29, 0.717) is 5.56 Å². The van der Waals surface area contributed by atoms with E-state index in [9.17, 15) is 4.79 Å². The van der Waals surface area contributed by atoms with E-state index in [2.05, 4.69) is 4.98 Å². The highest BCUT2D eigenvalue weighted by Crippen LogP contribution is 2.37. The van der Waals surface area contributed by atoms with Gasteiger partial charge < -0.3 is 14.3 Å². The maximum Gasteiger partial charge on any atom is 0.495 e. The van der Waals surface area contributed by atoms with Gasteiger partial charge in [0, 0.05) is 28.1 Å². The third-order valence-corrected chi connectivity index (χ3v) is 5.17. The minimum atomic E-state index is -0.485. The van der Waals surface area contributed by atoms with Crippen molar-refractivity contribution < 1.29 is 14.1 Å². The summed E-state index contributed by atoms with van der Waals surface area (Å²) in [6.45, 7) is 13.9. The van der Waals surface area contributed by atoms with Crippen molar-refractivity contribution in [1.82, 2.24) is 4.98 Å². The van der Waals surface area contributed by atoms with E-state index in [1.807, 2.05) is 66.7 Å². The topological polar surface area (TPSA) is 51.3 Å². The van der Waals surface area contributed by atoms with Crippen LogP contribution in [0.4, 0.5) is 0 Å². The number of benzene rings is 1. The summed E-state index contributed by atoms with van der Waals surface area (Å²) >= 11 is 0. The lowest BCUT2D eigenvalue weighted by Gasteiger charge is -2.32. The Hall–Kier alpha value is -1.59. The highest BCUT2D eigenvalue weighted by Gasteiger charge is 2.52. The summed E-state index contributed by atoms with van der Waals surface area (Å²) in [4.78, 5) is 16.1. The molecule has 5 heteroatoms. The number of carbonyl (C=O) groups excluding carboxylic acids is 1. The second-order valence-corrected chi connectivity index (χ2v) is 8.64. The van der Waals surface area contributed by atoms with Gasteiger partial charge >= 0.3 is 7.12 Å². The molecule has 0 unspecified atom stereocenters. The summed E-state index contributed by atoms with van der Waals surface area (Å²) in [6.07, 6.45) is 1.80. The second-order valence-electron chi connectivity index (χ2n) is 8.64. The van der Waals surface area contributed by atoms with E-state index in [4.69, 9.17) is 9.31 Å². The van der Waals surface area contributed by atoms with Crippen LogP contribution in [-0.2, 0) is 9.31 Å². The molecule has 0 amide bonds. The number of aromatic nitrogens is 1. The Kier molecular flexibility index (Phi) is 3.74. The van der Waals surface area contributed by atoms with Crippen LogP contribution in [0.3, 0.4) is 0 Å². The highest BCUT2D eigenvalue weighted by atomic mass is 16.7. The first-order valence-electron chi connectivity index (χ1n) is 8.44. The number of hydrogen-bond donors (Lipinski definition) is 1. The predicted molar refractivity (Wildman–Crippen MR) is 97.8 cm³/mol. The zero-order valence-electron chi connectivity index (χ0n) is 15.6. The van der Waals surface area contributed by atoms with E-state index in [1.54, 1.807) is 6.20 Å². The maximum atomic E-state index is 12.9. The molecule has 2 heterocycles. The number of carbonyl (C=O) groups is 1. The van der Waals surface area contributed by atoms with E-state index >= 15 is 0 Å². The van der Waals surface area contributed by atoms with Crippen LogP contribution in [0.1, 0.15) is 58.8 Å². The molecule has 1 N–H and O–H groups in total. The summed E-state index contributed by atoms with van der Waals surface area (Å²) in [5.41, 5.74) is 1.25. The molecular formula is C19H26BNO3. The Balaban J connectivity index is 2.14. The lowest BCUT2D eigenvalue weighted by atomic mass is 9.75. The summed E-state index contributed by atoms with van der Waals surface area (Å²) in [6, 6.07) is 5.92. The number of fused-ring (bicyclic) bond motifs is 1. The van der Waals surface area contributed by atoms with Crippen molar-refractivity contribution in [2.75, 3.05) is 0 Å². The fourth-order valence-electron chi connectivity index (χ4n) is 2.96. The van der Waals surface area contributed by atoms with Gasteiger partial charge in [0.25, 0.3) is 0 Å². The lowest BCUT2D eigenvalue weighted by molar-refractivity contribution is 0.00578. The van der Waals surface area contributed by atoms with Crippen LogP contribution in [-0.4, -0.2) is 29.1 Å². The molecule has 2 aromatic rings. The molecule has 0 radical (unpaired) electrons. The summed E-state index contributed by atoms with van der Waals surface area (Å²) in [5.74, 6) is 0.109. The number of H-pyrrole nitrogens is 1. The van der Waals surface area contributed by atoms with E-state index in [-0.39, 0.29) is 5.78 Å². The molecule has 0 bridgehead atoms. The van der Waals surface area contributed by atoms with Crippen LogP contribution in [0.15, 0.2) is 24.4 Å². The molecular weight excluding hydrogens is 301 g/mol. The molecule has 128 valence electrons. The average molecular weight is 327 g/mol. The van der Waals surface area contributed by atoms with Crippen molar-refractivity contribution in [2.24, 2.45) is 5.41 Å². The van der Waals surface area contributed by atoms with Crippen LogP contribution < -0.4 is 5.46 Å². The van der Waals surface area contributed by atoms with Gasteiger partial charge in [0.15, 0.2) is 5.78 Å². The van der Waals surface area contributed by atoms with Crippen LogP contribution in [0.2, 0.25) is 0 Å². The predicted octanol–water partition coefficient (Wildman–Crippen LogP) is 3.70. The molecule has 1 aromatic heterocycles. The molecule has 0 aliphatic carbocycles. The van der Waals surface area contributed by atoms with Gasteiger partial charge in [-0.1, -0.05) is 32.9 Å². The number of rotatable bonds is 2. The Morgan fingerprint density at radius 2 is 1.67 bits per heavy atom. The molecule has 0 spiro atoms. The van der Waals surface area contributed by atoms with Gasteiger partial charge in [-0.3, -0.25) is 4.79 Å². The van der Waals surface area contributed by atoms with E-state index in [0.717, 1.165) is 16.4 Å². The van der Waals surface area contributed by atoms with Gasteiger partial charge in [0.1, 0.15) is 0 Å². The zero-order valence-corrected chi connectivity index (χ0v) is 15.6. The third-order valence-electron chi connectivity index (χ3n) is 5.17. The zero-order chi connectivity index (χ0) is 17.9. The Morgan fingerprint density at radius 1 is 1.08 bits per heavy atom. The van der Waals surface area contributed by atoms with Gasteiger partial charge in [-0.15, -0.1) is 0 Å². The van der Waals surface area contributed by atoms with Crippen molar-refractivity contribution in [3.8, 4) is 0 Å². The normalized spacial score (nSPS) is 19.9. The van der Waals surface area contributed by atoms with Crippen LogP contribution in [0.5, 0.6) is 0 Å². The van der Waals surface area contributed by atoms with Gasteiger partial charge in [-0.2, -0.15) is 0 Å². The molecule has 1 aliphatic heterocycles. The second kappa shape index (κ2) is 5.20. The minimum absolute atomic E-state index is 0.109. The number of Topliss-reactive ketones (excluding diaryl/α,β-unsaturated/α-hetero) is 1. The monoisotopic (exact) mass is 327 g/mol. The van der Waals surface area contributed by atoms with Crippen molar-refractivity contribution in [3.05, 3.63) is 30.0 Å². The SMILES string of the molecule is CC(C)(C)C(=O)c1c[nH]c2cccc(B3OC(C)(C)C(C)(C)O3)c12. The Labute approximate surface area is 144 Å². The number of ketones is 1. The molecule has 4 nitrogen and oxygen atoms in total. The van der Waals surface area contributed by atoms with Gasteiger partial charge in [-0.05, 0) is 39.2 Å². The molecule has 0 saturated carbocycles. The molecule has 1 aromatic carbocycles. The van der Waals surface area contributed by atoms with E-state index in [1.165, 1.54) is 0 Å². The largest absolute Gasteiger partial charge is 0.495 e. The molecule has 24 heavy (non-hydrogen) atoms. The Bertz CT molecular complexity index is 783. The molecule has 1 aliphatic rings. The van der Waals surface area contributed by atoms with Gasteiger partial charge in [-0.25, -0.2) is 0 Å². The fourth-order valence-corrected chi connectivity index (χ4v) is 2.96. The molecule has 1 fully saturated rings. The van der Waals surface area contributed by atoms with Gasteiger partial charge in [0.05, 0.1) is 11.2 Å². The van der Waals surface area contributed by atoms with E-state index < -0.39 is 23.7 Å². The molecule has 0 atom stereocenters. The van der Waals surface area contributed by atoms with Crippen molar-refractivity contribution in [2.45, 2.75) is 59.7 Å². The standard InChI is InChI=1S/C19H26BNO3/c1-17(2,3)16(22)12-11-21-14-10-8-9-13(15(12)14)20-23-18(4,5)19(6,7)24-20/h8-11,21H,1-7H3. The first kappa shape index (κ1) is 17.2. The van der Waals surface area contributed by atoms with Gasteiger partial charge in [0.2, 0.25) is 0 Å². The van der Waals surface area contributed by atoms with Crippen molar-refractivity contribution in [1.29, 1.82) is 0 Å². The molecule has 1 saturated heterocycles. The fraction of sp³-hybridized carbons (Fsp3) is 0.526. The third kappa shape index (κ3) is 2.60. The number of aromatic amines is 1. The average Bonchev–Trinajstić information content (AvgIpc) is 2.95. The summed E-state index contributed by atoms with van der Waals surface area (Å²) < 4.78 is 12.4. The van der Waals surface area contributed by atoms with Crippen molar-refractivity contribution >= 4 is 29.3 Å². The van der Waals surface area contributed by atoms with Crippen molar-refractivity contribution in [3.63, 3.8) is 0 Å². The number of nitrogens with one attached hydrogen (secondary N) is 1.